The van der Waals surface area contributed by atoms with Crippen molar-refractivity contribution in [2.24, 2.45) is 0 Å². The van der Waals surface area contributed by atoms with E-state index in [9.17, 15) is 9.59 Å². The van der Waals surface area contributed by atoms with E-state index in [1.807, 2.05) is 13.0 Å². The molecule has 5 heteroatoms. The second-order valence-corrected chi connectivity index (χ2v) is 4.38. The highest BCUT2D eigenvalue weighted by Crippen LogP contribution is 2.14. The summed E-state index contributed by atoms with van der Waals surface area (Å²) in [6.07, 6.45) is 1.06. The van der Waals surface area contributed by atoms with Gasteiger partial charge in [-0.1, -0.05) is 25.5 Å². The average molecular weight is 274 g/mol. The van der Waals surface area contributed by atoms with Crippen LogP contribution in [0, 0.1) is 11.3 Å². The molecule has 0 aliphatic heterocycles. The lowest BCUT2D eigenvalue weighted by molar-refractivity contribution is -0.153. The van der Waals surface area contributed by atoms with Gasteiger partial charge in [0.25, 0.3) is 5.91 Å². The van der Waals surface area contributed by atoms with Gasteiger partial charge >= 0.3 is 5.97 Å². The van der Waals surface area contributed by atoms with Gasteiger partial charge in [-0.2, -0.15) is 5.26 Å². The second kappa shape index (κ2) is 7.95. The molecule has 20 heavy (non-hydrogen) atoms. The van der Waals surface area contributed by atoms with Gasteiger partial charge in [0.15, 0.2) is 6.10 Å². The zero-order valence-electron chi connectivity index (χ0n) is 11.7. The number of anilines is 1. The summed E-state index contributed by atoms with van der Waals surface area (Å²) in [6.45, 7) is 3.48. The number of carbonyl (C=O) groups excluding carboxylic acids is 2. The highest BCUT2D eigenvalue weighted by Gasteiger charge is 2.18. The molecule has 5 nitrogen and oxygen atoms in total. The minimum atomic E-state index is -0.883. The van der Waals surface area contributed by atoms with Crippen LogP contribution in [0.2, 0.25) is 0 Å². The summed E-state index contributed by atoms with van der Waals surface area (Å²) in [7, 11) is 0. The zero-order chi connectivity index (χ0) is 15.0. The molecule has 0 aliphatic rings. The van der Waals surface area contributed by atoms with Gasteiger partial charge in [-0.15, -0.1) is 0 Å². The number of unbranched alkanes of at least 4 members (excludes halogenated alkanes) is 1. The van der Waals surface area contributed by atoms with E-state index >= 15 is 0 Å². The van der Waals surface area contributed by atoms with Crippen molar-refractivity contribution in [3.05, 3.63) is 29.8 Å². The van der Waals surface area contributed by atoms with Crippen LogP contribution >= 0.6 is 0 Å². The first-order valence-corrected chi connectivity index (χ1v) is 6.58. The monoisotopic (exact) mass is 274 g/mol. The molecule has 1 N–H and O–H groups in total. The number of benzene rings is 1. The predicted molar refractivity (Wildman–Crippen MR) is 74.9 cm³/mol. The highest BCUT2D eigenvalue weighted by molar-refractivity contribution is 5.96. The molecule has 0 aliphatic carbocycles. The third-order valence-corrected chi connectivity index (χ3v) is 2.72. The minimum Gasteiger partial charge on any atom is -0.453 e. The molecule has 0 unspecified atom stereocenters. The van der Waals surface area contributed by atoms with E-state index in [1.54, 1.807) is 24.3 Å². The fourth-order valence-corrected chi connectivity index (χ4v) is 1.55. The molecule has 0 fully saturated rings. The summed E-state index contributed by atoms with van der Waals surface area (Å²) in [5, 5.41) is 11.5. The van der Waals surface area contributed by atoms with Gasteiger partial charge < -0.3 is 10.1 Å². The number of rotatable bonds is 6. The molecule has 1 aromatic rings. The van der Waals surface area contributed by atoms with Crippen molar-refractivity contribution < 1.29 is 14.3 Å². The van der Waals surface area contributed by atoms with Crippen LogP contribution in [0.5, 0.6) is 0 Å². The Balaban J connectivity index is 2.58. The largest absolute Gasteiger partial charge is 0.453 e. The molecule has 0 saturated carbocycles. The zero-order valence-corrected chi connectivity index (χ0v) is 11.7. The van der Waals surface area contributed by atoms with Crippen molar-refractivity contribution in [1.29, 1.82) is 5.26 Å². The Morgan fingerprint density at radius 1 is 1.40 bits per heavy atom. The van der Waals surface area contributed by atoms with Crippen LogP contribution in [0.4, 0.5) is 5.69 Å². The van der Waals surface area contributed by atoms with Crippen LogP contribution < -0.4 is 5.32 Å². The maximum absolute atomic E-state index is 11.9. The van der Waals surface area contributed by atoms with E-state index < -0.39 is 12.0 Å². The minimum absolute atomic E-state index is 0.308. The summed E-state index contributed by atoms with van der Waals surface area (Å²) >= 11 is 0. The van der Waals surface area contributed by atoms with E-state index in [0.29, 0.717) is 17.7 Å². The number of hydrogen-bond acceptors (Lipinski definition) is 4. The van der Waals surface area contributed by atoms with Crippen LogP contribution in [0.25, 0.3) is 0 Å². The number of amides is 1. The first-order chi connectivity index (χ1) is 9.58. The fraction of sp³-hybridized carbons (Fsp3) is 0.400. The number of esters is 1. The molecule has 1 rings (SSSR count). The molecule has 1 aromatic carbocycles. The Labute approximate surface area is 118 Å². The van der Waals surface area contributed by atoms with Gasteiger partial charge in [-0.05, 0) is 25.5 Å². The van der Waals surface area contributed by atoms with Gasteiger partial charge in [-0.3, -0.25) is 9.59 Å². The Kier molecular flexibility index (Phi) is 6.24. The standard InChI is InChI=1S/C15H18N2O3/c1-3-4-9-14(18)20-11(2)15(19)17-13-8-6-5-7-12(13)10-16/h5-8,11H,3-4,9H2,1-2H3,(H,17,19)/t11-/m0/s1. The highest BCUT2D eigenvalue weighted by atomic mass is 16.5. The average Bonchev–Trinajstić information content (AvgIpc) is 2.45. The SMILES string of the molecule is CCCCC(=O)O[C@@H](C)C(=O)Nc1ccccc1C#N. The lowest BCUT2D eigenvalue weighted by Gasteiger charge is -2.14. The van der Waals surface area contributed by atoms with Gasteiger partial charge in [-0.25, -0.2) is 0 Å². The number of nitriles is 1. The number of para-hydroxylation sites is 1. The lowest BCUT2D eigenvalue weighted by Crippen LogP contribution is -2.30. The van der Waals surface area contributed by atoms with E-state index in [-0.39, 0.29) is 5.97 Å². The van der Waals surface area contributed by atoms with Crippen molar-refractivity contribution >= 4 is 17.6 Å². The Bertz CT molecular complexity index is 520. The van der Waals surface area contributed by atoms with Crippen LogP contribution in [0.3, 0.4) is 0 Å². The van der Waals surface area contributed by atoms with Crippen LogP contribution in [-0.4, -0.2) is 18.0 Å². The first kappa shape index (κ1) is 15.7. The van der Waals surface area contributed by atoms with Crippen LogP contribution in [0.1, 0.15) is 38.7 Å². The smallest absolute Gasteiger partial charge is 0.306 e. The second-order valence-electron chi connectivity index (χ2n) is 4.38. The predicted octanol–water partition coefficient (Wildman–Crippen LogP) is 2.62. The number of ether oxygens (including phenoxy) is 1. The first-order valence-electron chi connectivity index (χ1n) is 6.58. The van der Waals surface area contributed by atoms with Gasteiger partial charge in [0.2, 0.25) is 0 Å². The number of hydrogen-bond donors (Lipinski definition) is 1. The van der Waals surface area contributed by atoms with Gasteiger partial charge in [0.1, 0.15) is 6.07 Å². The summed E-state index contributed by atoms with van der Waals surface area (Å²) in [4.78, 5) is 23.3. The van der Waals surface area contributed by atoms with E-state index in [4.69, 9.17) is 10.00 Å². The summed E-state index contributed by atoms with van der Waals surface area (Å²) < 4.78 is 5.03. The topological polar surface area (TPSA) is 79.2 Å². The Hall–Kier alpha value is -2.35. The molecule has 1 amide bonds. The Morgan fingerprint density at radius 3 is 2.75 bits per heavy atom. The van der Waals surface area contributed by atoms with E-state index in [1.165, 1.54) is 6.92 Å². The van der Waals surface area contributed by atoms with E-state index in [2.05, 4.69) is 5.32 Å². The molecular weight excluding hydrogens is 256 g/mol. The van der Waals surface area contributed by atoms with Crippen LogP contribution in [-0.2, 0) is 14.3 Å². The third-order valence-electron chi connectivity index (χ3n) is 2.72. The van der Waals surface area contributed by atoms with Crippen molar-refractivity contribution in [2.75, 3.05) is 5.32 Å². The molecular formula is C15H18N2O3. The number of carbonyl (C=O) groups is 2. The normalized spacial score (nSPS) is 11.2. The molecule has 0 bridgehead atoms. The van der Waals surface area contributed by atoms with E-state index in [0.717, 1.165) is 12.8 Å². The van der Waals surface area contributed by atoms with Gasteiger partial charge in [0, 0.05) is 6.42 Å². The molecule has 0 spiro atoms. The molecule has 1 atom stereocenters. The number of nitrogens with one attached hydrogen (secondary N) is 1. The lowest BCUT2D eigenvalue weighted by atomic mass is 10.2. The van der Waals surface area contributed by atoms with Gasteiger partial charge in [0.05, 0.1) is 11.3 Å². The fourth-order valence-electron chi connectivity index (χ4n) is 1.55. The molecule has 0 aromatic heterocycles. The van der Waals surface area contributed by atoms with Crippen molar-refractivity contribution in [1.82, 2.24) is 0 Å². The molecule has 0 saturated heterocycles. The maximum Gasteiger partial charge on any atom is 0.306 e. The molecule has 0 heterocycles. The van der Waals surface area contributed by atoms with Crippen LogP contribution in [0.15, 0.2) is 24.3 Å². The summed E-state index contributed by atoms with van der Waals surface area (Å²) in [5.41, 5.74) is 0.779. The molecule has 0 radical (unpaired) electrons. The van der Waals surface area contributed by atoms with Crippen molar-refractivity contribution in [2.45, 2.75) is 39.2 Å². The third kappa shape index (κ3) is 4.73. The quantitative estimate of drug-likeness (QED) is 0.809. The molecule has 106 valence electrons. The summed E-state index contributed by atoms with van der Waals surface area (Å²) in [6, 6.07) is 8.65. The van der Waals surface area contributed by atoms with Crippen molar-refractivity contribution in [3.63, 3.8) is 0 Å². The Morgan fingerprint density at radius 2 is 2.10 bits per heavy atom. The number of nitrogens with zero attached hydrogens (tertiary/aromatic N) is 1. The summed E-state index contributed by atoms with van der Waals surface area (Å²) in [5.74, 6) is -0.833. The van der Waals surface area contributed by atoms with Crippen molar-refractivity contribution in [3.8, 4) is 6.07 Å². The maximum atomic E-state index is 11.9.